The smallest absolute Gasteiger partial charge is 0.251 e. The Morgan fingerprint density at radius 2 is 2.10 bits per heavy atom. The first-order chi connectivity index (χ1) is 9.43. The van der Waals surface area contributed by atoms with Gasteiger partial charge in [0.25, 0.3) is 5.91 Å². The van der Waals surface area contributed by atoms with Gasteiger partial charge in [0.2, 0.25) is 0 Å². The van der Waals surface area contributed by atoms with Gasteiger partial charge >= 0.3 is 0 Å². The zero-order chi connectivity index (χ0) is 15.1. The van der Waals surface area contributed by atoms with E-state index in [9.17, 15) is 4.79 Å². The van der Waals surface area contributed by atoms with Crippen molar-refractivity contribution in [2.24, 2.45) is 0 Å². The number of aromatic nitrogens is 1. The molecule has 0 fully saturated rings. The predicted molar refractivity (Wildman–Crippen MR) is 83.2 cm³/mol. The van der Waals surface area contributed by atoms with E-state index in [0.717, 1.165) is 24.6 Å². The lowest BCUT2D eigenvalue weighted by Gasteiger charge is -2.20. The number of aryl methyl sites for hydroxylation is 1. The van der Waals surface area contributed by atoms with Crippen LogP contribution in [0.5, 0.6) is 0 Å². The normalized spacial score (nSPS) is 10.9. The van der Waals surface area contributed by atoms with Crippen LogP contribution in [0.2, 0.25) is 0 Å². The molecule has 0 aliphatic heterocycles. The first kappa shape index (κ1) is 16.4. The highest BCUT2D eigenvalue weighted by molar-refractivity contribution is 5.95. The van der Waals surface area contributed by atoms with Gasteiger partial charge in [0.1, 0.15) is 5.82 Å². The Hall–Kier alpha value is -1.62. The Labute approximate surface area is 121 Å². The van der Waals surface area contributed by atoms with Gasteiger partial charge in [-0.3, -0.25) is 4.79 Å². The maximum absolute atomic E-state index is 12.1. The van der Waals surface area contributed by atoms with E-state index < -0.39 is 0 Å². The molecule has 20 heavy (non-hydrogen) atoms. The van der Waals surface area contributed by atoms with Crippen molar-refractivity contribution in [3.63, 3.8) is 0 Å². The van der Waals surface area contributed by atoms with Crippen LogP contribution in [0.25, 0.3) is 0 Å². The number of carbonyl (C=O) groups excluding carboxylic acids is 1. The van der Waals surface area contributed by atoms with Crippen molar-refractivity contribution in [2.75, 3.05) is 32.0 Å². The number of nitrogens with zero attached hydrogens (tertiary/aromatic N) is 2. The van der Waals surface area contributed by atoms with Gasteiger partial charge < -0.3 is 15.5 Å². The Kier molecular flexibility index (Phi) is 6.45. The number of anilines is 1. The SMILES string of the molecule is CCNc1cc(C(=O)NCCN(C)C(C)C)cc(C)n1. The zero-order valence-electron chi connectivity index (χ0n) is 13.2. The minimum absolute atomic E-state index is 0.0493. The van der Waals surface area contributed by atoms with Crippen LogP contribution in [0, 0.1) is 6.92 Å². The average Bonchev–Trinajstić information content (AvgIpc) is 2.38. The molecule has 0 aliphatic rings. The fourth-order valence-electron chi connectivity index (χ4n) is 1.78. The number of pyridine rings is 1. The Morgan fingerprint density at radius 3 is 2.70 bits per heavy atom. The lowest BCUT2D eigenvalue weighted by atomic mass is 10.2. The van der Waals surface area contributed by atoms with E-state index in [4.69, 9.17) is 0 Å². The average molecular weight is 278 g/mol. The summed E-state index contributed by atoms with van der Waals surface area (Å²) in [4.78, 5) is 18.7. The van der Waals surface area contributed by atoms with Crippen LogP contribution < -0.4 is 10.6 Å². The van der Waals surface area contributed by atoms with Crippen LogP contribution in [0.15, 0.2) is 12.1 Å². The van der Waals surface area contributed by atoms with E-state index in [0.29, 0.717) is 18.2 Å². The molecule has 1 aromatic rings. The number of amides is 1. The maximum atomic E-state index is 12.1. The Morgan fingerprint density at radius 1 is 1.40 bits per heavy atom. The monoisotopic (exact) mass is 278 g/mol. The quantitative estimate of drug-likeness (QED) is 0.800. The van der Waals surface area contributed by atoms with Crippen molar-refractivity contribution >= 4 is 11.7 Å². The standard InChI is InChI=1S/C15H26N4O/c1-6-16-14-10-13(9-12(4)18-14)15(20)17-7-8-19(5)11(2)3/h9-11H,6-8H2,1-5H3,(H,16,18)(H,17,20). The van der Waals surface area contributed by atoms with Crippen molar-refractivity contribution in [2.45, 2.75) is 33.7 Å². The topological polar surface area (TPSA) is 57.3 Å². The third-order valence-electron chi connectivity index (χ3n) is 3.21. The highest BCUT2D eigenvalue weighted by Gasteiger charge is 2.09. The van der Waals surface area contributed by atoms with Crippen molar-refractivity contribution in [1.29, 1.82) is 0 Å². The highest BCUT2D eigenvalue weighted by Crippen LogP contribution is 2.09. The van der Waals surface area contributed by atoms with Crippen LogP contribution >= 0.6 is 0 Å². The van der Waals surface area contributed by atoms with Crippen molar-refractivity contribution in [3.8, 4) is 0 Å². The molecule has 1 heterocycles. The summed E-state index contributed by atoms with van der Waals surface area (Å²) in [5.74, 6) is 0.698. The lowest BCUT2D eigenvalue weighted by molar-refractivity contribution is 0.0948. The van der Waals surface area contributed by atoms with Gasteiger partial charge in [-0.2, -0.15) is 0 Å². The second-order valence-electron chi connectivity index (χ2n) is 5.24. The molecule has 0 saturated carbocycles. The summed E-state index contributed by atoms with van der Waals surface area (Å²) in [6.45, 7) is 10.4. The number of likely N-dealkylation sites (N-methyl/N-ethyl adjacent to an activating group) is 1. The minimum atomic E-state index is -0.0493. The van der Waals surface area contributed by atoms with Gasteiger partial charge in [-0.05, 0) is 46.9 Å². The van der Waals surface area contributed by atoms with E-state index >= 15 is 0 Å². The summed E-state index contributed by atoms with van der Waals surface area (Å²) in [6, 6.07) is 4.08. The number of nitrogens with one attached hydrogen (secondary N) is 2. The molecular weight excluding hydrogens is 252 g/mol. The van der Waals surface area contributed by atoms with E-state index in [-0.39, 0.29) is 5.91 Å². The third kappa shape index (κ3) is 5.17. The molecule has 5 nitrogen and oxygen atoms in total. The van der Waals surface area contributed by atoms with E-state index in [2.05, 4.69) is 41.4 Å². The zero-order valence-corrected chi connectivity index (χ0v) is 13.2. The largest absolute Gasteiger partial charge is 0.370 e. The van der Waals surface area contributed by atoms with Gasteiger partial charge in [0.15, 0.2) is 0 Å². The molecule has 1 amide bonds. The molecule has 112 valence electrons. The number of rotatable bonds is 7. The fourth-order valence-corrected chi connectivity index (χ4v) is 1.78. The van der Waals surface area contributed by atoms with Crippen molar-refractivity contribution in [3.05, 3.63) is 23.4 Å². The molecule has 1 aromatic heterocycles. The summed E-state index contributed by atoms with van der Waals surface area (Å²) in [5.41, 5.74) is 1.49. The molecule has 0 bridgehead atoms. The summed E-state index contributed by atoms with van der Waals surface area (Å²) in [7, 11) is 2.05. The summed E-state index contributed by atoms with van der Waals surface area (Å²) < 4.78 is 0. The van der Waals surface area contributed by atoms with Gasteiger partial charge in [-0.1, -0.05) is 0 Å². The first-order valence-electron chi connectivity index (χ1n) is 7.15. The molecule has 0 saturated heterocycles. The van der Waals surface area contributed by atoms with E-state index in [1.807, 2.05) is 19.9 Å². The van der Waals surface area contributed by atoms with Gasteiger partial charge in [-0.25, -0.2) is 4.98 Å². The second-order valence-corrected chi connectivity index (χ2v) is 5.24. The van der Waals surface area contributed by atoms with Crippen LogP contribution in [0.1, 0.15) is 36.8 Å². The van der Waals surface area contributed by atoms with Crippen molar-refractivity contribution in [1.82, 2.24) is 15.2 Å². The molecule has 0 atom stereocenters. The number of carbonyl (C=O) groups is 1. The second kappa shape index (κ2) is 7.85. The molecule has 0 spiro atoms. The number of hydrogen-bond donors (Lipinski definition) is 2. The van der Waals surface area contributed by atoms with Crippen LogP contribution in [0.4, 0.5) is 5.82 Å². The van der Waals surface area contributed by atoms with Crippen LogP contribution in [-0.2, 0) is 0 Å². The fraction of sp³-hybridized carbons (Fsp3) is 0.600. The molecule has 5 heteroatoms. The molecule has 1 rings (SSSR count). The number of hydrogen-bond acceptors (Lipinski definition) is 4. The van der Waals surface area contributed by atoms with Crippen molar-refractivity contribution < 1.29 is 4.79 Å². The maximum Gasteiger partial charge on any atom is 0.251 e. The minimum Gasteiger partial charge on any atom is -0.370 e. The summed E-state index contributed by atoms with van der Waals surface area (Å²) in [5, 5.41) is 6.08. The molecule has 0 radical (unpaired) electrons. The molecule has 2 N–H and O–H groups in total. The van der Waals surface area contributed by atoms with E-state index in [1.54, 1.807) is 6.07 Å². The lowest BCUT2D eigenvalue weighted by Crippen LogP contribution is -2.36. The first-order valence-corrected chi connectivity index (χ1v) is 7.15. The van der Waals surface area contributed by atoms with E-state index in [1.165, 1.54) is 0 Å². The molecule has 0 aromatic carbocycles. The third-order valence-corrected chi connectivity index (χ3v) is 3.21. The van der Waals surface area contributed by atoms with Gasteiger partial charge in [0, 0.05) is 36.9 Å². The predicted octanol–water partition coefficient (Wildman–Crippen LogP) is 1.89. The molecule has 0 unspecified atom stereocenters. The van der Waals surface area contributed by atoms with Crippen LogP contribution in [-0.4, -0.2) is 48.5 Å². The molecular formula is C15H26N4O. The molecule has 0 aliphatic carbocycles. The van der Waals surface area contributed by atoms with Gasteiger partial charge in [0.05, 0.1) is 0 Å². The summed E-state index contributed by atoms with van der Waals surface area (Å²) >= 11 is 0. The van der Waals surface area contributed by atoms with Gasteiger partial charge in [-0.15, -0.1) is 0 Å². The summed E-state index contributed by atoms with van der Waals surface area (Å²) in [6.07, 6.45) is 0. The van der Waals surface area contributed by atoms with Crippen LogP contribution in [0.3, 0.4) is 0 Å². The Balaban J connectivity index is 2.59. The highest BCUT2D eigenvalue weighted by atomic mass is 16.1. The Bertz CT molecular complexity index is 445.